The number of benzene rings is 3. The number of aromatic nitrogens is 3. The predicted octanol–water partition coefficient (Wildman–Crippen LogP) is 6.94. The number of nitrogens with one attached hydrogen (secondary N) is 1. The molecule has 8 nitrogen and oxygen atoms in total. The third-order valence-electron chi connectivity index (χ3n) is 6.35. The highest BCUT2D eigenvalue weighted by molar-refractivity contribution is 6.06. The number of H-pyrrole nitrogens is 1. The van der Waals surface area contributed by atoms with Gasteiger partial charge in [-0.15, -0.1) is 0 Å². The quantitative estimate of drug-likeness (QED) is 0.229. The number of anilines is 1. The van der Waals surface area contributed by atoms with Gasteiger partial charge in [0, 0.05) is 29.4 Å². The molecule has 0 atom stereocenters. The van der Waals surface area contributed by atoms with Crippen LogP contribution in [0.1, 0.15) is 26.3 Å². The largest absolute Gasteiger partial charge is 0.465 e. The summed E-state index contributed by atoms with van der Waals surface area (Å²) in [6.45, 7) is 5.89. The molecule has 0 unspecified atom stereocenters. The third kappa shape index (κ3) is 5.01. The molecule has 0 bridgehead atoms. The molecular weight excluding hydrogens is 478 g/mol. The summed E-state index contributed by atoms with van der Waals surface area (Å²) in [5.74, 6) is 1.87. The number of nitrogen functional groups attached to an aromatic ring is 1. The molecule has 0 aliphatic heterocycles. The molecule has 0 radical (unpaired) electrons. The number of ether oxygens (including phenoxy) is 1. The molecule has 192 valence electrons. The number of carboxylic acid groups (broad SMARTS) is 1. The summed E-state index contributed by atoms with van der Waals surface area (Å²) in [5, 5.41) is 17.8. The van der Waals surface area contributed by atoms with Crippen LogP contribution in [0.3, 0.4) is 0 Å². The lowest BCUT2D eigenvalue weighted by Gasteiger charge is -2.33. The standard InChI is InChI=1S/C30H29N5O3/c1-30(2,3)35(29(36)37)18-19-8-7-9-21(16-19)26-27-25(28(31)34-33-27)24(17-32-26)20-12-14-23(15-13-20)38-22-10-5-4-6-11-22/h4-17H,18H2,1-3H3,(H,36,37)(H3,31,33,34). The number of amides is 1. The summed E-state index contributed by atoms with van der Waals surface area (Å²) >= 11 is 0. The monoisotopic (exact) mass is 507 g/mol. The number of hydrogen-bond acceptors (Lipinski definition) is 5. The Bertz CT molecular complexity index is 1590. The van der Waals surface area contributed by atoms with Crippen molar-refractivity contribution in [3.63, 3.8) is 0 Å². The van der Waals surface area contributed by atoms with Crippen LogP contribution in [0.5, 0.6) is 11.5 Å². The third-order valence-corrected chi connectivity index (χ3v) is 6.35. The number of para-hydroxylation sites is 1. The first-order valence-electron chi connectivity index (χ1n) is 12.3. The highest BCUT2D eigenvalue weighted by Crippen LogP contribution is 2.37. The van der Waals surface area contributed by atoms with Gasteiger partial charge in [0.05, 0.1) is 16.6 Å². The SMILES string of the molecule is CC(C)(C)N(Cc1cccc(-c2ncc(-c3ccc(Oc4ccccc4)cc3)c3c(N)n[nH]c23)c1)C(=O)O. The Hall–Kier alpha value is -4.85. The summed E-state index contributed by atoms with van der Waals surface area (Å²) in [7, 11) is 0. The first kappa shape index (κ1) is 24.8. The van der Waals surface area contributed by atoms with Gasteiger partial charge in [-0.3, -0.25) is 15.0 Å². The molecule has 0 spiro atoms. The van der Waals surface area contributed by atoms with Crippen molar-refractivity contribution in [1.29, 1.82) is 0 Å². The Balaban J connectivity index is 1.48. The second-order valence-electron chi connectivity index (χ2n) is 10.1. The van der Waals surface area contributed by atoms with E-state index >= 15 is 0 Å². The van der Waals surface area contributed by atoms with Gasteiger partial charge in [-0.25, -0.2) is 4.79 Å². The van der Waals surface area contributed by atoms with Crippen LogP contribution in [-0.2, 0) is 6.54 Å². The van der Waals surface area contributed by atoms with Gasteiger partial charge in [0.2, 0.25) is 0 Å². The fraction of sp³-hybridized carbons (Fsp3) is 0.167. The molecule has 8 heteroatoms. The van der Waals surface area contributed by atoms with Crippen molar-refractivity contribution >= 4 is 22.8 Å². The van der Waals surface area contributed by atoms with E-state index < -0.39 is 11.6 Å². The molecule has 5 aromatic rings. The van der Waals surface area contributed by atoms with E-state index in [1.54, 1.807) is 6.20 Å². The number of nitrogens with zero attached hydrogens (tertiary/aromatic N) is 3. The van der Waals surface area contributed by atoms with Crippen LogP contribution in [-0.4, -0.2) is 36.8 Å². The van der Waals surface area contributed by atoms with Crippen LogP contribution < -0.4 is 10.5 Å². The fourth-order valence-corrected chi connectivity index (χ4v) is 4.41. The maximum absolute atomic E-state index is 11.8. The van der Waals surface area contributed by atoms with Crippen LogP contribution >= 0.6 is 0 Å². The summed E-state index contributed by atoms with van der Waals surface area (Å²) in [4.78, 5) is 18.0. The molecule has 38 heavy (non-hydrogen) atoms. The molecule has 0 aliphatic rings. The maximum Gasteiger partial charge on any atom is 0.408 e. The molecule has 0 fully saturated rings. The van der Waals surface area contributed by atoms with Crippen LogP contribution in [0, 0.1) is 0 Å². The van der Waals surface area contributed by atoms with Crippen LogP contribution in [0.15, 0.2) is 85.1 Å². The minimum absolute atomic E-state index is 0.260. The molecule has 3 aromatic carbocycles. The Morgan fingerprint density at radius 2 is 1.68 bits per heavy atom. The van der Waals surface area contributed by atoms with E-state index in [1.165, 1.54) is 4.90 Å². The Kier molecular flexibility index (Phi) is 6.46. The first-order chi connectivity index (χ1) is 18.2. The molecule has 2 aromatic heterocycles. The van der Waals surface area contributed by atoms with Gasteiger partial charge in [-0.05, 0) is 62.2 Å². The second-order valence-corrected chi connectivity index (χ2v) is 10.1. The molecule has 0 aliphatic carbocycles. The van der Waals surface area contributed by atoms with Crippen molar-refractivity contribution in [2.45, 2.75) is 32.9 Å². The molecule has 5 rings (SSSR count). The zero-order valence-electron chi connectivity index (χ0n) is 21.5. The average Bonchev–Trinajstić information content (AvgIpc) is 3.29. The first-order valence-corrected chi connectivity index (χ1v) is 12.3. The van der Waals surface area contributed by atoms with E-state index in [0.29, 0.717) is 17.0 Å². The number of nitrogens with two attached hydrogens (primary N) is 1. The van der Waals surface area contributed by atoms with Crippen molar-refractivity contribution in [2.75, 3.05) is 5.73 Å². The lowest BCUT2D eigenvalue weighted by atomic mass is 9.99. The smallest absolute Gasteiger partial charge is 0.408 e. The molecule has 4 N–H and O–H groups in total. The average molecular weight is 508 g/mol. The number of hydrogen-bond donors (Lipinski definition) is 3. The van der Waals surface area contributed by atoms with E-state index in [4.69, 9.17) is 15.5 Å². The van der Waals surface area contributed by atoms with E-state index in [-0.39, 0.29) is 6.54 Å². The van der Waals surface area contributed by atoms with E-state index in [9.17, 15) is 9.90 Å². The molecule has 0 saturated carbocycles. The van der Waals surface area contributed by atoms with Crippen LogP contribution in [0.4, 0.5) is 10.6 Å². The van der Waals surface area contributed by atoms with Gasteiger partial charge in [-0.1, -0.05) is 48.5 Å². The van der Waals surface area contributed by atoms with E-state index in [0.717, 1.165) is 39.1 Å². The molecule has 2 heterocycles. The van der Waals surface area contributed by atoms with E-state index in [1.807, 2.05) is 99.6 Å². The van der Waals surface area contributed by atoms with Gasteiger partial charge in [-0.2, -0.15) is 5.10 Å². The van der Waals surface area contributed by atoms with Gasteiger partial charge >= 0.3 is 6.09 Å². The van der Waals surface area contributed by atoms with Crippen molar-refractivity contribution in [2.24, 2.45) is 0 Å². The van der Waals surface area contributed by atoms with Crippen LogP contribution in [0.2, 0.25) is 0 Å². The minimum Gasteiger partial charge on any atom is -0.465 e. The maximum atomic E-state index is 11.8. The van der Waals surface area contributed by atoms with Crippen molar-refractivity contribution in [3.8, 4) is 33.9 Å². The Morgan fingerprint density at radius 3 is 2.37 bits per heavy atom. The molecule has 1 amide bonds. The van der Waals surface area contributed by atoms with Crippen molar-refractivity contribution < 1.29 is 14.6 Å². The molecule has 0 saturated heterocycles. The predicted molar refractivity (Wildman–Crippen MR) is 149 cm³/mol. The summed E-state index contributed by atoms with van der Waals surface area (Å²) in [6.07, 6.45) is 0.830. The normalized spacial score (nSPS) is 11.4. The molecular formula is C30H29N5O3. The van der Waals surface area contributed by atoms with Gasteiger partial charge in [0.1, 0.15) is 11.5 Å². The lowest BCUT2D eigenvalue weighted by molar-refractivity contribution is 0.0955. The zero-order valence-corrected chi connectivity index (χ0v) is 21.5. The second kappa shape index (κ2) is 9.89. The summed E-state index contributed by atoms with van der Waals surface area (Å²) in [6, 6.07) is 25.1. The van der Waals surface area contributed by atoms with Gasteiger partial charge in [0.25, 0.3) is 0 Å². The zero-order chi connectivity index (χ0) is 26.9. The fourth-order valence-electron chi connectivity index (χ4n) is 4.41. The topological polar surface area (TPSA) is 117 Å². The highest BCUT2D eigenvalue weighted by Gasteiger charge is 2.26. The van der Waals surface area contributed by atoms with Gasteiger partial charge < -0.3 is 15.6 Å². The number of rotatable bonds is 6. The number of pyridine rings is 1. The number of carbonyl (C=O) groups is 1. The van der Waals surface area contributed by atoms with Crippen molar-refractivity contribution in [3.05, 3.63) is 90.6 Å². The van der Waals surface area contributed by atoms with Gasteiger partial charge in [0.15, 0.2) is 5.82 Å². The van der Waals surface area contributed by atoms with Crippen molar-refractivity contribution in [1.82, 2.24) is 20.1 Å². The Labute approximate surface area is 220 Å². The van der Waals surface area contributed by atoms with E-state index in [2.05, 4.69) is 10.2 Å². The summed E-state index contributed by atoms with van der Waals surface area (Å²) in [5.41, 5.74) is 10.7. The lowest BCUT2D eigenvalue weighted by Crippen LogP contribution is -2.44. The van der Waals surface area contributed by atoms with Crippen LogP contribution in [0.25, 0.3) is 33.3 Å². The highest BCUT2D eigenvalue weighted by atomic mass is 16.5. The Morgan fingerprint density at radius 1 is 0.974 bits per heavy atom. The number of fused-ring (bicyclic) bond motifs is 1. The minimum atomic E-state index is -0.964. The number of aromatic amines is 1. The summed E-state index contributed by atoms with van der Waals surface area (Å²) < 4.78 is 5.92.